The lowest BCUT2D eigenvalue weighted by molar-refractivity contribution is 0.355. The molecule has 1 fully saturated rings. The zero-order valence-electron chi connectivity index (χ0n) is 11.7. The van der Waals surface area contributed by atoms with Gasteiger partial charge in [-0.05, 0) is 37.8 Å². The second-order valence-electron chi connectivity index (χ2n) is 5.77. The van der Waals surface area contributed by atoms with Crippen LogP contribution in [-0.4, -0.2) is 12.6 Å². The molecule has 2 N–H and O–H groups in total. The van der Waals surface area contributed by atoms with Gasteiger partial charge in [0.15, 0.2) is 0 Å². The fraction of sp³-hybridized carbons (Fsp3) is 0.625. The van der Waals surface area contributed by atoms with Crippen LogP contribution in [0.5, 0.6) is 5.75 Å². The van der Waals surface area contributed by atoms with E-state index in [4.69, 9.17) is 10.5 Å². The van der Waals surface area contributed by atoms with Crippen LogP contribution in [0.15, 0.2) is 18.2 Å². The van der Waals surface area contributed by atoms with Gasteiger partial charge < -0.3 is 10.5 Å². The number of methoxy groups -OCH3 is 1. The Morgan fingerprint density at radius 1 is 1.17 bits per heavy atom. The average Bonchev–Trinajstić information content (AvgIpc) is 2.54. The lowest BCUT2D eigenvalue weighted by atomic mass is 9.84. The highest BCUT2D eigenvalue weighted by atomic mass is 16.5. The van der Waals surface area contributed by atoms with E-state index in [9.17, 15) is 0 Å². The monoisotopic (exact) mass is 247 g/mol. The highest BCUT2D eigenvalue weighted by Gasteiger charge is 2.27. The summed E-state index contributed by atoms with van der Waals surface area (Å²) < 4.78 is 5.46. The Morgan fingerprint density at radius 3 is 2.44 bits per heavy atom. The molecule has 0 spiro atoms. The molecule has 2 heteroatoms. The zero-order valence-corrected chi connectivity index (χ0v) is 11.7. The molecule has 0 heterocycles. The number of rotatable bonds is 3. The van der Waals surface area contributed by atoms with Gasteiger partial charge in [0.05, 0.1) is 7.11 Å². The third-order valence-corrected chi connectivity index (χ3v) is 4.08. The van der Waals surface area contributed by atoms with E-state index in [0.717, 1.165) is 25.0 Å². The van der Waals surface area contributed by atoms with Crippen LogP contribution >= 0.6 is 0 Å². The van der Waals surface area contributed by atoms with Gasteiger partial charge in [-0.1, -0.05) is 43.4 Å². The Morgan fingerprint density at radius 2 is 1.83 bits per heavy atom. The van der Waals surface area contributed by atoms with E-state index in [0.29, 0.717) is 0 Å². The van der Waals surface area contributed by atoms with E-state index < -0.39 is 0 Å². The van der Waals surface area contributed by atoms with Crippen molar-refractivity contribution in [3.8, 4) is 5.75 Å². The summed E-state index contributed by atoms with van der Waals surface area (Å²) in [6.45, 7) is 2.12. The van der Waals surface area contributed by atoms with Crippen molar-refractivity contribution in [2.75, 3.05) is 7.11 Å². The number of hydrogen-bond donors (Lipinski definition) is 1. The van der Waals surface area contributed by atoms with Crippen LogP contribution in [0, 0.1) is 6.92 Å². The molecule has 1 aliphatic carbocycles. The Hall–Kier alpha value is -1.02. The van der Waals surface area contributed by atoms with Gasteiger partial charge in [0.2, 0.25) is 0 Å². The van der Waals surface area contributed by atoms with Gasteiger partial charge in [-0.3, -0.25) is 0 Å². The lowest BCUT2D eigenvalue weighted by Gasteiger charge is -2.29. The summed E-state index contributed by atoms with van der Waals surface area (Å²) in [5, 5.41) is 0. The minimum absolute atomic E-state index is 0.0302. The number of aryl methyl sites for hydroxylation is 1. The Labute approximate surface area is 111 Å². The molecule has 100 valence electrons. The van der Waals surface area contributed by atoms with Crippen molar-refractivity contribution in [2.45, 2.75) is 57.4 Å². The van der Waals surface area contributed by atoms with Crippen LogP contribution in [0.1, 0.15) is 49.7 Å². The van der Waals surface area contributed by atoms with Gasteiger partial charge in [-0.25, -0.2) is 0 Å². The third kappa shape index (κ3) is 3.26. The molecule has 2 rings (SSSR count). The molecule has 18 heavy (non-hydrogen) atoms. The summed E-state index contributed by atoms with van der Waals surface area (Å²) in [6, 6.07) is 6.38. The minimum atomic E-state index is -0.0302. The molecule has 0 atom stereocenters. The van der Waals surface area contributed by atoms with Crippen LogP contribution in [0.2, 0.25) is 0 Å². The van der Waals surface area contributed by atoms with E-state index in [1.807, 2.05) is 0 Å². The van der Waals surface area contributed by atoms with Crippen LogP contribution in [-0.2, 0) is 6.42 Å². The van der Waals surface area contributed by atoms with Gasteiger partial charge >= 0.3 is 0 Å². The van der Waals surface area contributed by atoms with Gasteiger partial charge in [-0.2, -0.15) is 0 Å². The summed E-state index contributed by atoms with van der Waals surface area (Å²) >= 11 is 0. The van der Waals surface area contributed by atoms with E-state index in [1.54, 1.807) is 7.11 Å². The van der Waals surface area contributed by atoms with Crippen LogP contribution in [0.25, 0.3) is 0 Å². The first-order chi connectivity index (χ1) is 8.63. The number of hydrogen-bond acceptors (Lipinski definition) is 2. The molecule has 0 unspecified atom stereocenters. The topological polar surface area (TPSA) is 35.2 Å². The number of benzene rings is 1. The first-order valence-corrected chi connectivity index (χ1v) is 7.05. The van der Waals surface area contributed by atoms with Crippen molar-refractivity contribution in [2.24, 2.45) is 5.73 Å². The molecule has 1 aliphatic rings. The second kappa shape index (κ2) is 5.75. The van der Waals surface area contributed by atoms with Gasteiger partial charge in [0, 0.05) is 5.54 Å². The molecular weight excluding hydrogens is 222 g/mol. The molecule has 0 bridgehead atoms. The van der Waals surface area contributed by atoms with E-state index in [1.165, 1.54) is 36.8 Å². The van der Waals surface area contributed by atoms with Crippen LogP contribution in [0.4, 0.5) is 0 Å². The van der Waals surface area contributed by atoms with Crippen molar-refractivity contribution in [1.29, 1.82) is 0 Å². The smallest absolute Gasteiger partial charge is 0.122 e. The maximum atomic E-state index is 6.61. The first kappa shape index (κ1) is 13.4. The Balaban J connectivity index is 2.18. The summed E-state index contributed by atoms with van der Waals surface area (Å²) in [5.74, 6) is 0.981. The van der Waals surface area contributed by atoms with E-state index >= 15 is 0 Å². The largest absolute Gasteiger partial charge is 0.496 e. The van der Waals surface area contributed by atoms with Gasteiger partial charge in [0.1, 0.15) is 5.75 Å². The maximum Gasteiger partial charge on any atom is 0.122 e. The molecule has 0 amide bonds. The standard InChI is InChI=1S/C16H25NO/c1-13-7-8-15(18-2)14(11-13)12-16(17)9-5-3-4-6-10-16/h7-8,11H,3-6,9-10,12,17H2,1-2H3. The summed E-state index contributed by atoms with van der Waals surface area (Å²) in [6.07, 6.45) is 8.44. The van der Waals surface area contributed by atoms with Crippen molar-refractivity contribution in [1.82, 2.24) is 0 Å². The normalized spacial score (nSPS) is 19.3. The Bertz CT molecular complexity index is 392. The van der Waals surface area contributed by atoms with Crippen molar-refractivity contribution in [3.05, 3.63) is 29.3 Å². The predicted molar refractivity (Wildman–Crippen MR) is 76.1 cm³/mol. The van der Waals surface area contributed by atoms with E-state index in [-0.39, 0.29) is 5.54 Å². The maximum absolute atomic E-state index is 6.61. The summed E-state index contributed by atoms with van der Waals surface area (Å²) in [7, 11) is 1.74. The zero-order chi connectivity index (χ0) is 13.0. The average molecular weight is 247 g/mol. The SMILES string of the molecule is COc1ccc(C)cc1CC1(N)CCCCCC1. The molecule has 1 aromatic carbocycles. The van der Waals surface area contributed by atoms with Crippen molar-refractivity contribution in [3.63, 3.8) is 0 Å². The fourth-order valence-corrected chi connectivity index (χ4v) is 3.03. The Kier molecular flexibility index (Phi) is 4.28. The highest BCUT2D eigenvalue weighted by Crippen LogP contribution is 2.31. The fourth-order valence-electron chi connectivity index (χ4n) is 3.03. The minimum Gasteiger partial charge on any atom is -0.496 e. The number of nitrogens with two attached hydrogens (primary N) is 1. The van der Waals surface area contributed by atoms with Crippen LogP contribution < -0.4 is 10.5 Å². The quantitative estimate of drug-likeness (QED) is 0.828. The molecule has 0 saturated heterocycles. The lowest BCUT2D eigenvalue weighted by Crippen LogP contribution is -2.41. The molecule has 2 nitrogen and oxygen atoms in total. The van der Waals surface area contributed by atoms with E-state index in [2.05, 4.69) is 25.1 Å². The highest BCUT2D eigenvalue weighted by molar-refractivity contribution is 5.38. The summed E-state index contributed by atoms with van der Waals surface area (Å²) in [4.78, 5) is 0. The second-order valence-corrected chi connectivity index (χ2v) is 5.77. The molecule has 1 aromatic rings. The molecule has 0 aromatic heterocycles. The van der Waals surface area contributed by atoms with Crippen LogP contribution in [0.3, 0.4) is 0 Å². The third-order valence-electron chi connectivity index (χ3n) is 4.08. The number of ether oxygens (including phenoxy) is 1. The van der Waals surface area contributed by atoms with Crippen molar-refractivity contribution >= 4 is 0 Å². The molecule has 1 saturated carbocycles. The van der Waals surface area contributed by atoms with Gasteiger partial charge in [0.25, 0.3) is 0 Å². The van der Waals surface area contributed by atoms with Gasteiger partial charge in [-0.15, -0.1) is 0 Å². The predicted octanol–water partition coefficient (Wildman–Crippen LogP) is 3.60. The van der Waals surface area contributed by atoms with Crippen molar-refractivity contribution < 1.29 is 4.74 Å². The molecule has 0 radical (unpaired) electrons. The molecular formula is C16H25NO. The molecule has 0 aliphatic heterocycles. The first-order valence-electron chi connectivity index (χ1n) is 7.05. The summed E-state index contributed by atoms with van der Waals surface area (Å²) in [5.41, 5.74) is 9.13.